The summed E-state index contributed by atoms with van der Waals surface area (Å²) in [6.07, 6.45) is 1.53. The lowest BCUT2D eigenvalue weighted by Crippen LogP contribution is -2.53. The number of aliphatic carboxylic acids is 1. The molecule has 0 aromatic heterocycles. The van der Waals surface area contributed by atoms with Crippen molar-refractivity contribution in [3.05, 3.63) is 11.8 Å². The summed E-state index contributed by atoms with van der Waals surface area (Å²) >= 11 is 0. The Bertz CT molecular complexity index is 650. The number of aliphatic hydroxyl groups excluding tert-OH is 1. The largest absolute Gasteiger partial charge is 0.480 e. The Hall–Kier alpha value is -2.46. The Kier molecular flexibility index (Phi) is 13.4. The van der Waals surface area contributed by atoms with Crippen LogP contribution in [0.15, 0.2) is 11.8 Å². The summed E-state index contributed by atoms with van der Waals surface area (Å²) in [5, 5.41) is 26.7. The van der Waals surface area contributed by atoms with E-state index >= 15 is 0 Å². The Balaban J connectivity index is 5.31. The molecule has 0 spiro atoms. The van der Waals surface area contributed by atoms with Gasteiger partial charge in [0.2, 0.25) is 5.91 Å². The minimum atomic E-state index is -1.28. The summed E-state index contributed by atoms with van der Waals surface area (Å²) in [6.45, 7) is 9.09. The number of carbonyl (C=O) groups excluding carboxylic acids is 3. The average Bonchev–Trinajstić information content (AvgIpc) is 2.71. The van der Waals surface area contributed by atoms with Crippen molar-refractivity contribution in [3.63, 3.8) is 0 Å². The average molecular weight is 443 g/mol. The van der Waals surface area contributed by atoms with Gasteiger partial charge in [-0.15, -0.1) is 0 Å². The van der Waals surface area contributed by atoms with E-state index in [1.807, 2.05) is 20.8 Å². The lowest BCUT2D eigenvalue weighted by molar-refractivity contribution is -0.142. The van der Waals surface area contributed by atoms with Gasteiger partial charge in [0.15, 0.2) is 0 Å². The molecule has 0 heterocycles. The van der Waals surface area contributed by atoms with Crippen LogP contribution in [0.5, 0.6) is 0 Å². The SMILES string of the molecule is C/C=C(/NC(=O)[C@@H](O)[C@@H](C)CC)C(=O)N[C@@H](CC(C)C)C(=O)N[C@H](CCCN)C(=O)O. The second-order valence-corrected chi connectivity index (χ2v) is 8.01. The summed E-state index contributed by atoms with van der Waals surface area (Å²) in [5.74, 6) is -3.50. The number of hydrogen-bond acceptors (Lipinski definition) is 6. The molecule has 31 heavy (non-hydrogen) atoms. The molecule has 0 rings (SSSR count). The van der Waals surface area contributed by atoms with Gasteiger partial charge in [-0.3, -0.25) is 14.4 Å². The molecule has 0 fully saturated rings. The third kappa shape index (κ3) is 10.4. The van der Waals surface area contributed by atoms with Gasteiger partial charge >= 0.3 is 5.97 Å². The fourth-order valence-corrected chi connectivity index (χ4v) is 2.74. The molecule has 0 aromatic carbocycles. The van der Waals surface area contributed by atoms with Crippen molar-refractivity contribution in [2.75, 3.05) is 6.54 Å². The monoisotopic (exact) mass is 442 g/mol. The van der Waals surface area contributed by atoms with E-state index in [1.54, 1.807) is 6.92 Å². The number of nitrogens with two attached hydrogens (primary N) is 1. The molecule has 0 radical (unpaired) electrons. The van der Waals surface area contributed by atoms with Crippen LogP contribution in [0.1, 0.15) is 60.3 Å². The summed E-state index contributed by atoms with van der Waals surface area (Å²) in [7, 11) is 0. The van der Waals surface area contributed by atoms with Gasteiger partial charge in [-0.2, -0.15) is 0 Å². The Morgan fingerprint density at radius 3 is 2.10 bits per heavy atom. The van der Waals surface area contributed by atoms with Crippen LogP contribution in [0.25, 0.3) is 0 Å². The number of allylic oxidation sites excluding steroid dienone is 1. The molecule has 0 unspecified atom stereocenters. The zero-order chi connectivity index (χ0) is 24.1. The van der Waals surface area contributed by atoms with Crippen molar-refractivity contribution in [2.24, 2.45) is 17.6 Å². The van der Waals surface area contributed by atoms with Crippen molar-refractivity contribution >= 4 is 23.7 Å². The van der Waals surface area contributed by atoms with Crippen LogP contribution in [0.4, 0.5) is 0 Å². The van der Waals surface area contributed by atoms with Crippen molar-refractivity contribution in [3.8, 4) is 0 Å². The number of carboxylic acids is 1. The molecule has 0 saturated carbocycles. The van der Waals surface area contributed by atoms with Crippen LogP contribution in [0.3, 0.4) is 0 Å². The van der Waals surface area contributed by atoms with Gasteiger partial charge in [-0.05, 0) is 44.6 Å². The highest BCUT2D eigenvalue weighted by Gasteiger charge is 2.29. The zero-order valence-electron chi connectivity index (χ0n) is 19.1. The number of aliphatic hydroxyl groups is 1. The van der Waals surface area contributed by atoms with E-state index < -0.39 is 41.9 Å². The molecule has 7 N–H and O–H groups in total. The summed E-state index contributed by atoms with van der Waals surface area (Å²) in [5.41, 5.74) is 5.31. The number of carbonyl (C=O) groups is 4. The molecule has 0 aromatic rings. The van der Waals surface area contributed by atoms with Gasteiger partial charge in [0.1, 0.15) is 23.9 Å². The third-order valence-corrected chi connectivity index (χ3v) is 4.88. The second-order valence-electron chi connectivity index (χ2n) is 8.01. The molecule has 0 aliphatic heterocycles. The van der Waals surface area contributed by atoms with Crippen molar-refractivity contribution in [1.29, 1.82) is 0 Å². The summed E-state index contributed by atoms with van der Waals surface area (Å²) in [4.78, 5) is 49.0. The van der Waals surface area contributed by atoms with Crippen LogP contribution in [0, 0.1) is 11.8 Å². The van der Waals surface area contributed by atoms with E-state index in [4.69, 9.17) is 5.73 Å². The molecule has 0 aliphatic carbocycles. The number of amides is 3. The first-order valence-corrected chi connectivity index (χ1v) is 10.7. The summed E-state index contributed by atoms with van der Waals surface area (Å²) < 4.78 is 0. The van der Waals surface area contributed by atoms with Crippen LogP contribution in [-0.2, 0) is 19.2 Å². The fraction of sp³-hybridized carbons (Fsp3) is 0.714. The third-order valence-electron chi connectivity index (χ3n) is 4.88. The molecular formula is C21H38N4O6. The Morgan fingerprint density at radius 2 is 1.65 bits per heavy atom. The van der Waals surface area contributed by atoms with E-state index in [-0.39, 0.29) is 30.4 Å². The van der Waals surface area contributed by atoms with Crippen molar-refractivity contribution < 1.29 is 29.4 Å². The van der Waals surface area contributed by atoms with E-state index in [0.29, 0.717) is 19.4 Å². The van der Waals surface area contributed by atoms with Crippen molar-refractivity contribution in [1.82, 2.24) is 16.0 Å². The minimum absolute atomic E-state index is 0.0271. The Morgan fingerprint density at radius 1 is 1.03 bits per heavy atom. The van der Waals surface area contributed by atoms with Gasteiger partial charge in [-0.1, -0.05) is 40.2 Å². The van der Waals surface area contributed by atoms with Gasteiger partial charge < -0.3 is 31.9 Å². The smallest absolute Gasteiger partial charge is 0.326 e. The topological polar surface area (TPSA) is 171 Å². The molecule has 10 nitrogen and oxygen atoms in total. The predicted octanol–water partition coefficient (Wildman–Crippen LogP) is 0.253. The molecule has 0 aliphatic rings. The van der Waals surface area contributed by atoms with Crippen LogP contribution >= 0.6 is 0 Å². The Labute approximate surface area is 184 Å². The molecule has 0 saturated heterocycles. The maximum Gasteiger partial charge on any atom is 0.326 e. The van der Waals surface area contributed by atoms with Crippen LogP contribution < -0.4 is 21.7 Å². The molecule has 4 atom stereocenters. The molecular weight excluding hydrogens is 404 g/mol. The van der Waals surface area contributed by atoms with Crippen molar-refractivity contribution in [2.45, 2.75) is 78.5 Å². The zero-order valence-corrected chi connectivity index (χ0v) is 19.1. The number of carboxylic acid groups (broad SMARTS) is 1. The maximum atomic E-state index is 12.7. The minimum Gasteiger partial charge on any atom is -0.480 e. The molecule has 178 valence electrons. The first kappa shape index (κ1) is 28.5. The van der Waals surface area contributed by atoms with Crippen LogP contribution in [0.2, 0.25) is 0 Å². The first-order valence-electron chi connectivity index (χ1n) is 10.7. The van der Waals surface area contributed by atoms with E-state index in [9.17, 15) is 29.4 Å². The number of rotatable bonds is 14. The molecule has 10 heteroatoms. The quantitative estimate of drug-likeness (QED) is 0.209. The highest BCUT2D eigenvalue weighted by atomic mass is 16.4. The van der Waals surface area contributed by atoms with Gasteiger partial charge in [0.25, 0.3) is 11.8 Å². The fourth-order valence-electron chi connectivity index (χ4n) is 2.74. The lowest BCUT2D eigenvalue weighted by atomic mass is 10.0. The first-order chi connectivity index (χ1) is 14.5. The maximum absolute atomic E-state index is 12.7. The normalized spacial score (nSPS) is 15.5. The van der Waals surface area contributed by atoms with Crippen LogP contribution in [-0.4, -0.2) is 58.6 Å². The molecule has 3 amide bonds. The predicted molar refractivity (Wildman–Crippen MR) is 117 cm³/mol. The van der Waals surface area contributed by atoms with Gasteiger partial charge in [-0.25, -0.2) is 4.79 Å². The second kappa shape index (κ2) is 14.5. The standard InChI is InChI=1S/C21H38N4O6/c1-6-13(5)17(26)20(29)23-14(7-2)18(27)25-16(11-12(3)4)19(28)24-15(21(30)31)9-8-10-22/h7,12-13,15-17,26H,6,8-11,22H2,1-5H3,(H,23,29)(H,24,28)(H,25,27)(H,30,31)/b14-7+/t13-,15+,16-,17-/m0/s1. The lowest BCUT2D eigenvalue weighted by Gasteiger charge is -2.24. The summed E-state index contributed by atoms with van der Waals surface area (Å²) in [6, 6.07) is -2.12. The van der Waals surface area contributed by atoms with Gasteiger partial charge in [0, 0.05) is 0 Å². The number of nitrogens with one attached hydrogen (secondary N) is 3. The van der Waals surface area contributed by atoms with E-state index in [2.05, 4.69) is 16.0 Å². The van der Waals surface area contributed by atoms with Gasteiger partial charge in [0.05, 0.1) is 0 Å². The van der Waals surface area contributed by atoms with E-state index in [0.717, 1.165) is 0 Å². The molecule has 0 bridgehead atoms. The number of hydrogen-bond donors (Lipinski definition) is 6. The highest BCUT2D eigenvalue weighted by molar-refractivity contribution is 6.00. The van der Waals surface area contributed by atoms with E-state index in [1.165, 1.54) is 13.0 Å². The highest BCUT2D eigenvalue weighted by Crippen LogP contribution is 2.10.